The highest BCUT2D eigenvalue weighted by Gasteiger charge is 2.22. The van der Waals surface area contributed by atoms with Crippen molar-refractivity contribution in [3.8, 4) is 22.3 Å². The van der Waals surface area contributed by atoms with Gasteiger partial charge < -0.3 is 13.7 Å². The van der Waals surface area contributed by atoms with Gasteiger partial charge in [0.25, 0.3) is 0 Å². The summed E-state index contributed by atoms with van der Waals surface area (Å²) in [6.45, 7) is 0. The number of fused-ring (bicyclic) bond motifs is 7. The molecule has 0 unspecified atom stereocenters. The van der Waals surface area contributed by atoms with Crippen molar-refractivity contribution in [2.24, 2.45) is 0 Å². The van der Waals surface area contributed by atoms with E-state index in [4.69, 9.17) is 8.83 Å². The third kappa shape index (κ3) is 4.21. The molecule has 0 amide bonds. The van der Waals surface area contributed by atoms with Gasteiger partial charge in [-0.2, -0.15) is 0 Å². The van der Waals surface area contributed by atoms with Crippen LogP contribution in [0, 0.1) is 0 Å². The van der Waals surface area contributed by atoms with Gasteiger partial charge in [0.15, 0.2) is 5.58 Å². The summed E-state index contributed by atoms with van der Waals surface area (Å²) in [6.07, 6.45) is 0. The van der Waals surface area contributed by atoms with Crippen LogP contribution >= 0.6 is 0 Å². The lowest BCUT2D eigenvalue weighted by molar-refractivity contribution is 0.663. The monoisotopic (exact) mass is 577 g/mol. The number of hydrogen-bond donors (Lipinski definition) is 0. The van der Waals surface area contributed by atoms with Crippen molar-refractivity contribution in [3.63, 3.8) is 0 Å². The van der Waals surface area contributed by atoms with Crippen molar-refractivity contribution in [1.82, 2.24) is 0 Å². The van der Waals surface area contributed by atoms with Crippen LogP contribution in [0.1, 0.15) is 0 Å². The zero-order chi connectivity index (χ0) is 29.7. The van der Waals surface area contributed by atoms with Gasteiger partial charge in [-0.25, -0.2) is 0 Å². The van der Waals surface area contributed by atoms with Crippen LogP contribution in [0.25, 0.3) is 66.1 Å². The molecule has 0 bridgehead atoms. The summed E-state index contributed by atoms with van der Waals surface area (Å²) >= 11 is 0. The third-order valence-corrected chi connectivity index (χ3v) is 8.69. The van der Waals surface area contributed by atoms with E-state index in [0.717, 1.165) is 60.9 Å². The first-order chi connectivity index (χ1) is 22.3. The number of nitrogens with zero attached hydrogens (tertiary/aromatic N) is 1. The van der Waals surface area contributed by atoms with Gasteiger partial charge in [0.2, 0.25) is 0 Å². The molecule has 9 rings (SSSR count). The molecule has 9 aromatic rings. The summed E-state index contributed by atoms with van der Waals surface area (Å²) in [4.78, 5) is 2.28. The maximum atomic E-state index is 6.70. The fraction of sp³-hybridized carbons (Fsp3) is 0. The second kappa shape index (κ2) is 10.3. The van der Waals surface area contributed by atoms with Crippen LogP contribution in [0.15, 0.2) is 173 Å². The first kappa shape index (κ1) is 25.4. The molecule has 0 aliphatic heterocycles. The van der Waals surface area contributed by atoms with Crippen LogP contribution < -0.4 is 4.90 Å². The average molecular weight is 578 g/mol. The lowest BCUT2D eigenvalue weighted by Crippen LogP contribution is -2.10. The minimum absolute atomic E-state index is 0.808. The standard InChI is InChI=1S/C42H27NO2/c1-3-10-28(11-4-1)30-18-22-32(23-19-30)43(33-24-20-31(21-25-33)29-12-5-2-6-13-29)37-16-9-15-36-40-39(45-41(36)37)27-26-35-34-14-7-8-17-38(34)44-42(35)40/h1-27H. The molecule has 0 spiro atoms. The Morgan fingerprint density at radius 1 is 0.333 bits per heavy atom. The fourth-order valence-corrected chi connectivity index (χ4v) is 6.52. The lowest BCUT2D eigenvalue weighted by atomic mass is 10.0. The van der Waals surface area contributed by atoms with Gasteiger partial charge in [-0.05, 0) is 70.8 Å². The number of hydrogen-bond acceptors (Lipinski definition) is 3. The molecule has 0 saturated carbocycles. The summed E-state index contributed by atoms with van der Waals surface area (Å²) in [5.74, 6) is 0. The molecule has 0 fully saturated rings. The van der Waals surface area contributed by atoms with Crippen LogP contribution in [-0.2, 0) is 0 Å². The Kier molecular flexibility index (Phi) is 5.82. The Bertz CT molecular complexity index is 2370. The second-order valence-corrected chi connectivity index (χ2v) is 11.3. The Morgan fingerprint density at radius 3 is 1.51 bits per heavy atom. The van der Waals surface area contributed by atoms with Gasteiger partial charge in [-0.1, -0.05) is 115 Å². The molecule has 0 radical (unpaired) electrons. The summed E-state index contributed by atoms with van der Waals surface area (Å²) in [6, 6.07) is 57.2. The molecule has 0 N–H and O–H groups in total. The van der Waals surface area contributed by atoms with Gasteiger partial charge in [0, 0.05) is 27.5 Å². The van der Waals surface area contributed by atoms with Crippen LogP contribution in [0.4, 0.5) is 17.1 Å². The number of para-hydroxylation sites is 2. The highest BCUT2D eigenvalue weighted by molar-refractivity contribution is 6.23. The van der Waals surface area contributed by atoms with E-state index in [2.05, 4.69) is 144 Å². The molecule has 3 nitrogen and oxygen atoms in total. The SMILES string of the molecule is c1ccc(-c2ccc(N(c3ccc(-c4ccccc4)cc3)c3cccc4c3oc3ccc5c6ccccc6oc5c34)cc2)cc1. The Balaban J connectivity index is 1.25. The molecule has 0 aliphatic carbocycles. The highest BCUT2D eigenvalue weighted by Crippen LogP contribution is 2.45. The Morgan fingerprint density at radius 2 is 0.867 bits per heavy atom. The highest BCUT2D eigenvalue weighted by atomic mass is 16.3. The molecular formula is C42H27NO2. The molecule has 0 aliphatic rings. The topological polar surface area (TPSA) is 29.5 Å². The van der Waals surface area contributed by atoms with E-state index in [1.165, 1.54) is 22.3 Å². The number of rotatable bonds is 5. The minimum atomic E-state index is 0.808. The second-order valence-electron chi connectivity index (χ2n) is 11.3. The molecule has 2 heterocycles. The van der Waals surface area contributed by atoms with Crippen molar-refractivity contribution in [2.45, 2.75) is 0 Å². The van der Waals surface area contributed by atoms with Crippen molar-refractivity contribution in [3.05, 3.63) is 164 Å². The van der Waals surface area contributed by atoms with Gasteiger partial charge in [0.05, 0.1) is 11.1 Å². The molecule has 45 heavy (non-hydrogen) atoms. The predicted octanol–water partition coefficient (Wildman–Crippen LogP) is 12.3. The zero-order valence-electron chi connectivity index (χ0n) is 24.4. The summed E-state index contributed by atoms with van der Waals surface area (Å²) < 4.78 is 13.1. The van der Waals surface area contributed by atoms with Gasteiger partial charge in [0.1, 0.15) is 16.7 Å². The van der Waals surface area contributed by atoms with Gasteiger partial charge in [-0.15, -0.1) is 0 Å². The zero-order valence-corrected chi connectivity index (χ0v) is 24.4. The molecule has 7 aromatic carbocycles. The lowest BCUT2D eigenvalue weighted by Gasteiger charge is -2.26. The van der Waals surface area contributed by atoms with E-state index in [9.17, 15) is 0 Å². The van der Waals surface area contributed by atoms with Crippen LogP contribution in [0.3, 0.4) is 0 Å². The first-order valence-corrected chi connectivity index (χ1v) is 15.2. The van der Waals surface area contributed by atoms with Crippen LogP contribution in [-0.4, -0.2) is 0 Å². The maximum Gasteiger partial charge on any atom is 0.159 e. The van der Waals surface area contributed by atoms with Crippen molar-refractivity contribution >= 4 is 60.9 Å². The molecular weight excluding hydrogens is 550 g/mol. The van der Waals surface area contributed by atoms with E-state index in [0.29, 0.717) is 0 Å². The van der Waals surface area contributed by atoms with Gasteiger partial charge in [-0.3, -0.25) is 0 Å². The van der Waals surface area contributed by atoms with E-state index in [1.54, 1.807) is 0 Å². The molecule has 212 valence electrons. The van der Waals surface area contributed by atoms with E-state index in [1.807, 2.05) is 24.3 Å². The quantitative estimate of drug-likeness (QED) is 0.204. The summed E-state index contributed by atoms with van der Waals surface area (Å²) in [5.41, 5.74) is 11.2. The number of furan rings is 2. The Hall–Kier alpha value is -6.06. The minimum Gasteiger partial charge on any atom is -0.455 e. The van der Waals surface area contributed by atoms with Crippen LogP contribution in [0.2, 0.25) is 0 Å². The van der Waals surface area contributed by atoms with Gasteiger partial charge >= 0.3 is 0 Å². The largest absolute Gasteiger partial charge is 0.455 e. The fourth-order valence-electron chi connectivity index (χ4n) is 6.52. The van der Waals surface area contributed by atoms with E-state index >= 15 is 0 Å². The van der Waals surface area contributed by atoms with E-state index in [-0.39, 0.29) is 0 Å². The predicted molar refractivity (Wildman–Crippen MR) is 187 cm³/mol. The molecule has 0 saturated heterocycles. The summed E-state index contributed by atoms with van der Waals surface area (Å²) in [5, 5.41) is 4.23. The molecule has 2 aromatic heterocycles. The normalized spacial score (nSPS) is 11.6. The van der Waals surface area contributed by atoms with E-state index < -0.39 is 0 Å². The first-order valence-electron chi connectivity index (χ1n) is 15.2. The number of benzene rings is 7. The molecule has 3 heteroatoms. The maximum absolute atomic E-state index is 6.70. The molecule has 0 atom stereocenters. The van der Waals surface area contributed by atoms with Crippen LogP contribution in [0.5, 0.6) is 0 Å². The smallest absolute Gasteiger partial charge is 0.159 e. The number of anilines is 3. The van der Waals surface area contributed by atoms with Crippen molar-refractivity contribution in [2.75, 3.05) is 4.90 Å². The van der Waals surface area contributed by atoms with Crippen molar-refractivity contribution in [1.29, 1.82) is 0 Å². The summed E-state index contributed by atoms with van der Waals surface area (Å²) in [7, 11) is 0. The Labute approximate surface area is 260 Å². The van der Waals surface area contributed by atoms with Crippen molar-refractivity contribution < 1.29 is 8.83 Å². The average Bonchev–Trinajstić information content (AvgIpc) is 3.69. The third-order valence-electron chi connectivity index (χ3n) is 8.69.